The molecule has 1 amide bonds. The highest BCUT2D eigenvalue weighted by atomic mass is 32.2. The molecule has 7 heteroatoms. The highest BCUT2D eigenvalue weighted by Crippen LogP contribution is 2.28. The Morgan fingerprint density at radius 2 is 2.12 bits per heavy atom. The Bertz CT molecular complexity index is 857. The van der Waals surface area contributed by atoms with Crippen molar-refractivity contribution in [3.8, 4) is 0 Å². The zero-order valence-electron chi connectivity index (χ0n) is 13.7. The zero-order valence-corrected chi connectivity index (χ0v) is 14.5. The van der Waals surface area contributed by atoms with E-state index in [-0.39, 0.29) is 11.5 Å². The number of aryl methyl sites for hydroxylation is 2. The molecule has 1 aliphatic rings. The van der Waals surface area contributed by atoms with Crippen LogP contribution in [0.15, 0.2) is 34.9 Å². The molecule has 0 spiro atoms. The lowest BCUT2D eigenvalue weighted by Crippen LogP contribution is -2.44. The lowest BCUT2D eigenvalue weighted by Gasteiger charge is -2.31. The molecule has 6 nitrogen and oxygen atoms in total. The van der Waals surface area contributed by atoms with Gasteiger partial charge in [-0.05, 0) is 38.3 Å². The van der Waals surface area contributed by atoms with Gasteiger partial charge in [0, 0.05) is 18.3 Å². The minimum absolute atomic E-state index is 0.256. The molecule has 0 fully saturated rings. The third-order valence-electron chi connectivity index (χ3n) is 4.28. The molecule has 128 valence electrons. The van der Waals surface area contributed by atoms with Crippen molar-refractivity contribution >= 4 is 21.4 Å². The van der Waals surface area contributed by atoms with Crippen LogP contribution in [0.2, 0.25) is 0 Å². The average molecular weight is 348 g/mol. The van der Waals surface area contributed by atoms with Crippen molar-refractivity contribution in [1.29, 1.82) is 0 Å². The fourth-order valence-corrected chi connectivity index (χ4v) is 4.16. The van der Waals surface area contributed by atoms with Gasteiger partial charge >= 0.3 is 0 Å². The molecule has 1 atom stereocenters. The Kier molecular flexibility index (Phi) is 4.45. The van der Waals surface area contributed by atoms with Gasteiger partial charge in [0.1, 0.15) is 11.0 Å². The minimum atomic E-state index is -3.68. The van der Waals surface area contributed by atoms with Crippen LogP contribution in [0.3, 0.4) is 0 Å². The monoisotopic (exact) mass is 348 g/mol. The number of rotatable bonds is 4. The number of anilines is 1. The van der Waals surface area contributed by atoms with Gasteiger partial charge in [-0.25, -0.2) is 8.42 Å². The van der Waals surface area contributed by atoms with Crippen molar-refractivity contribution in [3.05, 3.63) is 47.3 Å². The van der Waals surface area contributed by atoms with E-state index < -0.39 is 21.0 Å². The number of aromatic nitrogens is 1. The largest absolute Gasteiger partial charge is 0.360 e. The molecule has 1 aromatic carbocycles. The Hall–Kier alpha value is -2.15. The van der Waals surface area contributed by atoms with Crippen LogP contribution in [0, 0.1) is 6.92 Å². The van der Waals surface area contributed by atoms with Crippen LogP contribution >= 0.6 is 0 Å². The standard InChI is InChI=1S/C17H20N2O4S/c1-12-10-15(23-18-12)11-24(21,22)13(2)17(20)19-9-5-7-14-6-3-4-8-16(14)19/h3-4,6,8,10,13H,5,7,9,11H2,1-2H3/t13-/m1/s1. The van der Waals surface area contributed by atoms with Crippen LogP contribution in [0.25, 0.3) is 0 Å². The molecule has 24 heavy (non-hydrogen) atoms. The van der Waals surface area contributed by atoms with Crippen LogP contribution in [0.5, 0.6) is 0 Å². The predicted molar refractivity (Wildman–Crippen MR) is 90.4 cm³/mol. The van der Waals surface area contributed by atoms with Crippen LogP contribution in [-0.2, 0) is 26.8 Å². The summed E-state index contributed by atoms with van der Waals surface area (Å²) in [6.45, 7) is 3.70. The number of fused-ring (bicyclic) bond motifs is 1. The Morgan fingerprint density at radius 1 is 1.38 bits per heavy atom. The molecule has 0 unspecified atom stereocenters. The minimum Gasteiger partial charge on any atom is -0.360 e. The molecule has 0 aliphatic carbocycles. The number of carbonyl (C=O) groups excluding carboxylic acids is 1. The predicted octanol–water partition coefficient (Wildman–Crippen LogP) is 2.27. The van der Waals surface area contributed by atoms with Crippen molar-refractivity contribution in [2.75, 3.05) is 11.4 Å². The number of benzene rings is 1. The van der Waals surface area contributed by atoms with Crippen LogP contribution < -0.4 is 4.90 Å². The summed E-state index contributed by atoms with van der Waals surface area (Å²) >= 11 is 0. The van der Waals surface area contributed by atoms with Crippen molar-refractivity contribution in [2.45, 2.75) is 37.7 Å². The third kappa shape index (κ3) is 3.21. The van der Waals surface area contributed by atoms with Gasteiger partial charge in [-0.2, -0.15) is 0 Å². The molecule has 0 N–H and O–H groups in total. The van der Waals surface area contributed by atoms with Crippen molar-refractivity contribution in [2.24, 2.45) is 0 Å². The highest BCUT2D eigenvalue weighted by Gasteiger charge is 2.34. The van der Waals surface area contributed by atoms with Gasteiger partial charge in [-0.1, -0.05) is 23.4 Å². The SMILES string of the molecule is Cc1cc(CS(=O)(=O)[C@H](C)C(=O)N2CCCc3ccccc32)on1. The molecule has 2 aromatic rings. The summed E-state index contributed by atoms with van der Waals surface area (Å²) in [6.07, 6.45) is 1.73. The van der Waals surface area contributed by atoms with E-state index in [1.807, 2.05) is 24.3 Å². The number of hydrogen-bond acceptors (Lipinski definition) is 5. The maximum atomic E-state index is 12.8. The number of hydrogen-bond donors (Lipinski definition) is 0. The second-order valence-electron chi connectivity index (χ2n) is 6.11. The molecule has 0 saturated heterocycles. The summed E-state index contributed by atoms with van der Waals surface area (Å²) in [5, 5.41) is 2.56. The van der Waals surface area contributed by atoms with Gasteiger partial charge in [0.25, 0.3) is 0 Å². The molecule has 1 aromatic heterocycles. The summed E-state index contributed by atoms with van der Waals surface area (Å²) in [5.41, 5.74) is 2.50. The van der Waals surface area contributed by atoms with Gasteiger partial charge in [0.2, 0.25) is 5.91 Å². The van der Waals surface area contributed by atoms with Gasteiger partial charge in [0.15, 0.2) is 15.6 Å². The topological polar surface area (TPSA) is 80.5 Å². The molecule has 1 aliphatic heterocycles. The van der Waals surface area contributed by atoms with E-state index in [0.29, 0.717) is 12.2 Å². The summed E-state index contributed by atoms with van der Waals surface area (Å²) in [5.74, 6) is -0.458. The highest BCUT2D eigenvalue weighted by molar-refractivity contribution is 7.92. The van der Waals surface area contributed by atoms with E-state index in [1.165, 1.54) is 6.92 Å². The number of sulfone groups is 1. The lowest BCUT2D eigenvalue weighted by molar-refractivity contribution is -0.118. The summed E-state index contributed by atoms with van der Waals surface area (Å²) in [7, 11) is -3.68. The zero-order chi connectivity index (χ0) is 17.3. The maximum Gasteiger partial charge on any atom is 0.245 e. The van der Waals surface area contributed by atoms with Gasteiger partial charge < -0.3 is 9.42 Å². The first kappa shape index (κ1) is 16.7. The lowest BCUT2D eigenvalue weighted by atomic mass is 10.0. The molecule has 3 rings (SSSR count). The van der Waals surface area contributed by atoms with Crippen molar-refractivity contribution < 1.29 is 17.7 Å². The maximum absolute atomic E-state index is 12.8. The Balaban J connectivity index is 1.82. The molecular weight excluding hydrogens is 328 g/mol. The normalized spacial score (nSPS) is 15.8. The average Bonchev–Trinajstić information content (AvgIpc) is 2.97. The fraction of sp³-hybridized carbons (Fsp3) is 0.412. The van der Waals surface area contributed by atoms with Gasteiger partial charge in [-0.3, -0.25) is 4.79 Å². The second-order valence-corrected chi connectivity index (χ2v) is 8.43. The van der Waals surface area contributed by atoms with Crippen LogP contribution in [0.1, 0.15) is 30.4 Å². The molecule has 0 radical (unpaired) electrons. The van der Waals surface area contributed by atoms with Crippen LogP contribution in [-0.4, -0.2) is 31.3 Å². The van der Waals surface area contributed by atoms with E-state index in [2.05, 4.69) is 5.16 Å². The van der Waals surface area contributed by atoms with Crippen molar-refractivity contribution in [1.82, 2.24) is 5.16 Å². The second kappa shape index (κ2) is 6.39. The van der Waals surface area contributed by atoms with Crippen molar-refractivity contribution in [3.63, 3.8) is 0 Å². The quantitative estimate of drug-likeness (QED) is 0.847. The Labute approximate surface area is 141 Å². The third-order valence-corrected chi connectivity index (χ3v) is 6.25. The fourth-order valence-electron chi connectivity index (χ4n) is 2.94. The van der Waals surface area contributed by atoms with Crippen LogP contribution in [0.4, 0.5) is 5.69 Å². The Morgan fingerprint density at radius 3 is 2.83 bits per heavy atom. The first-order chi connectivity index (χ1) is 11.4. The molecule has 0 bridgehead atoms. The first-order valence-electron chi connectivity index (χ1n) is 7.91. The molecule has 2 heterocycles. The number of para-hydroxylation sites is 1. The summed E-state index contributed by atoms with van der Waals surface area (Å²) in [6, 6.07) is 9.21. The smallest absolute Gasteiger partial charge is 0.245 e. The van der Waals surface area contributed by atoms with E-state index in [0.717, 1.165) is 24.1 Å². The van der Waals surface area contributed by atoms with Gasteiger partial charge in [0.05, 0.1) is 5.69 Å². The van der Waals surface area contributed by atoms with E-state index in [4.69, 9.17) is 4.52 Å². The molecule has 0 saturated carbocycles. The van der Waals surface area contributed by atoms with E-state index >= 15 is 0 Å². The molecular formula is C17H20N2O4S. The van der Waals surface area contributed by atoms with Gasteiger partial charge in [-0.15, -0.1) is 0 Å². The number of nitrogens with zero attached hydrogens (tertiary/aromatic N) is 2. The summed E-state index contributed by atoms with van der Waals surface area (Å²) < 4.78 is 30.1. The number of amides is 1. The summed E-state index contributed by atoms with van der Waals surface area (Å²) in [4.78, 5) is 14.4. The van der Waals surface area contributed by atoms with E-state index in [9.17, 15) is 13.2 Å². The van der Waals surface area contributed by atoms with E-state index in [1.54, 1.807) is 17.9 Å². The first-order valence-corrected chi connectivity index (χ1v) is 9.63. The number of carbonyl (C=O) groups is 1.